The van der Waals surface area contributed by atoms with Gasteiger partial charge in [-0.3, -0.25) is 0 Å². The highest BCUT2D eigenvalue weighted by Crippen LogP contribution is 2.24. The van der Waals surface area contributed by atoms with Gasteiger partial charge in [-0.15, -0.1) is 0 Å². The molecule has 0 aliphatic heterocycles. The van der Waals surface area contributed by atoms with E-state index in [0.717, 1.165) is 10.8 Å². The van der Waals surface area contributed by atoms with Crippen LogP contribution in [0.2, 0.25) is 5.15 Å². The van der Waals surface area contributed by atoms with Gasteiger partial charge in [0.15, 0.2) is 0 Å². The number of aliphatic hydroxyl groups excluding tert-OH is 1. The van der Waals surface area contributed by atoms with Crippen molar-refractivity contribution in [3.05, 3.63) is 71.5 Å². The van der Waals surface area contributed by atoms with Crippen molar-refractivity contribution in [3.63, 3.8) is 0 Å². The van der Waals surface area contributed by atoms with Gasteiger partial charge in [0.1, 0.15) is 10.0 Å². The van der Waals surface area contributed by atoms with Gasteiger partial charge in [0, 0.05) is 12.7 Å². The highest BCUT2D eigenvalue weighted by molar-refractivity contribution is 7.89. The lowest BCUT2D eigenvalue weighted by atomic mass is 10.0. The van der Waals surface area contributed by atoms with Crippen molar-refractivity contribution in [2.75, 3.05) is 6.54 Å². The molecule has 1 atom stereocenters. The minimum atomic E-state index is -3.76. The van der Waals surface area contributed by atoms with Crippen LogP contribution in [0.4, 0.5) is 0 Å². The van der Waals surface area contributed by atoms with Crippen LogP contribution in [0.5, 0.6) is 0 Å². The summed E-state index contributed by atoms with van der Waals surface area (Å²) in [5.41, 5.74) is 0.671. The molecule has 2 N–H and O–H groups in total. The van der Waals surface area contributed by atoms with Gasteiger partial charge in [0.2, 0.25) is 10.0 Å². The molecule has 1 heterocycles. The number of rotatable bonds is 5. The van der Waals surface area contributed by atoms with Crippen LogP contribution in [0.3, 0.4) is 0 Å². The minimum Gasteiger partial charge on any atom is -0.387 e. The van der Waals surface area contributed by atoms with E-state index in [2.05, 4.69) is 9.71 Å². The molecule has 1 unspecified atom stereocenters. The summed E-state index contributed by atoms with van der Waals surface area (Å²) in [6, 6.07) is 15.9. The first-order valence-electron chi connectivity index (χ1n) is 7.24. The summed E-state index contributed by atoms with van der Waals surface area (Å²) in [4.78, 5) is 3.75. The number of nitrogens with zero attached hydrogens (tertiary/aromatic N) is 1. The summed E-state index contributed by atoms with van der Waals surface area (Å²) in [5.74, 6) is 0. The highest BCUT2D eigenvalue weighted by Gasteiger charge is 2.18. The van der Waals surface area contributed by atoms with Crippen LogP contribution in [0.1, 0.15) is 11.7 Å². The van der Waals surface area contributed by atoms with Crippen LogP contribution in [-0.4, -0.2) is 25.1 Å². The molecule has 0 bridgehead atoms. The second-order valence-corrected chi connectivity index (χ2v) is 7.41. The first-order valence-corrected chi connectivity index (χ1v) is 9.10. The van der Waals surface area contributed by atoms with Gasteiger partial charge in [-0.1, -0.05) is 54.1 Å². The number of hydrogen-bond acceptors (Lipinski definition) is 4. The minimum absolute atomic E-state index is 0.00276. The maximum atomic E-state index is 12.2. The molecule has 0 aliphatic rings. The van der Waals surface area contributed by atoms with E-state index in [4.69, 9.17) is 11.6 Å². The Balaban J connectivity index is 1.79. The molecule has 0 spiro atoms. The zero-order valence-electron chi connectivity index (χ0n) is 12.6. The summed E-state index contributed by atoms with van der Waals surface area (Å²) in [6.45, 7) is -0.140. The summed E-state index contributed by atoms with van der Waals surface area (Å²) < 4.78 is 26.9. The number of nitrogens with one attached hydrogen (secondary N) is 1. The molecule has 0 saturated carbocycles. The SMILES string of the molecule is O=S(=O)(NCC(O)c1cccc2ccccc12)c1ccc(Cl)nc1. The average Bonchev–Trinajstić information content (AvgIpc) is 2.59. The van der Waals surface area contributed by atoms with Crippen LogP contribution in [0.25, 0.3) is 10.8 Å². The molecule has 0 amide bonds. The van der Waals surface area contributed by atoms with Crippen molar-refractivity contribution in [1.82, 2.24) is 9.71 Å². The van der Waals surface area contributed by atoms with E-state index in [0.29, 0.717) is 5.56 Å². The molecule has 3 aromatic rings. The molecular formula is C17H15ClN2O3S. The largest absolute Gasteiger partial charge is 0.387 e. The van der Waals surface area contributed by atoms with Crippen LogP contribution >= 0.6 is 11.6 Å². The second kappa shape index (κ2) is 6.86. The summed E-state index contributed by atoms with van der Waals surface area (Å²) in [7, 11) is -3.76. The molecule has 0 fully saturated rings. The molecule has 1 aromatic heterocycles. The van der Waals surface area contributed by atoms with Crippen LogP contribution in [-0.2, 0) is 10.0 Å². The fourth-order valence-corrected chi connectivity index (χ4v) is 3.54. The topological polar surface area (TPSA) is 79.3 Å². The Morgan fingerprint density at radius 3 is 2.58 bits per heavy atom. The molecule has 0 saturated heterocycles. The smallest absolute Gasteiger partial charge is 0.242 e. The Kier molecular flexibility index (Phi) is 4.82. The van der Waals surface area contributed by atoms with E-state index in [1.54, 1.807) is 6.07 Å². The average molecular weight is 363 g/mol. The Morgan fingerprint density at radius 1 is 1.08 bits per heavy atom. The van der Waals surface area contributed by atoms with Crippen molar-refractivity contribution < 1.29 is 13.5 Å². The lowest BCUT2D eigenvalue weighted by Crippen LogP contribution is -2.28. The van der Waals surface area contributed by atoms with Gasteiger partial charge in [0.05, 0.1) is 6.10 Å². The molecular weight excluding hydrogens is 348 g/mol. The van der Waals surface area contributed by atoms with Crippen LogP contribution in [0, 0.1) is 0 Å². The van der Waals surface area contributed by atoms with Gasteiger partial charge in [-0.25, -0.2) is 18.1 Å². The third-order valence-corrected chi connectivity index (χ3v) is 5.29. The van der Waals surface area contributed by atoms with Gasteiger partial charge in [0.25, 0.3) is 0 Å². The molecule has 3 rings (SSSR count). The predicted octanol–water partition coefficient (Wildman–Crippen LogP) is 2.90. The number of halogens is 1. The monoisotopic (exact) mass is 362 g/mol. The third-order valence-electron chi connectivity index (χ3n) is 3.66. The quantitative estimate of drug-likeness (QED) is 0.684. The first-order chi connectivity index (χ1) is 11.5. The van der Waals surface area contributed by atoms with E-state index in [1.807, 2.05) is 36.4 Å². The Bertz CT molecular complexity index is 954. The number of fused-ring (bicyclic) bond motifs is 1. The maximum absolute atomic E-state index is 12.2. The zero-order chi connectivity index (χ0) is 17.2. The van der Waals surface area contributed by atoms with Gasteiger partial charge >= 0.3 is 0 Å². The molecule has 7 heteroatoms. The fourth-order valence-electron chi connectivity index (χ4n) is 2.44. The van der Waals surface area contributed by atoms with E-state index in [1.165, 1.54) is 18.3 Å². The predicted molar refractivity (Wildman–Crippen MR) is 93.3 cm³/mol. The van der Waals surface area contributed by atoms with E-state index < -0.39 is 16.1 Å². The summed E-state index contributed by atoms with van der Waals surface area (Å²) in [6.07, 6.45) is 0.209. The van der Waals surface area contributed by atoms with Crippen LogP contribution in [0.15, 0.2) is 65.7 Å². The number of hydrogen-bond donors (Lipinski definition) is 2. The second-order valence-electron chi connectivity index (χ2n) is 5.25. The standard InChI is InChI=1S/C17H15ClN2O3S/c18-17-9-8-13(10-19-17)24(22,23)20-11-16(21)15-7-3-5-12-4-1-2-6-14(12)15/h1-10,16,20-21H,11H2. The van der Waals surface area contributed by atoms with Crippen molar-refractivity contribution in [2.45, 2.75) is 11.0 Å². The number of sulfonamides is 1. The number of aliphatic hydroxyl groups is 1. The van der Waals surface area contributed by atoms with Crippen LogP contribution < -0.4 is 4.72 Å². The molecule has 124 valence electrons. The number of benzene rings is 2. The fraction of sp³-hybridized carbons (Fsp3) is 0.118. The van der Waals surface area contributed by atoms with Crippen molar-refractivity contribution in [1.29, 1.82) is 0 Å². The molecule has 5 nitrogen and oxygen atoms in total. The Hall–Kier alpha value is -1.99. The zero-order valence-corrected chi connectivity index (χ0v) is 14.1. The van der Waals surface area contributed by atoms with Gasteiger partial charge in [-0.05, 0) is 28.5 Å². The third kappa shape index (κ3) is 3.57. The van der Waals surface area contributed by atoms with Gasteiger partial charge < -0.3 is 5.11 Å². The van der Waals surface area contributed by atoms with Gasteiger partial charge in [-0.2, -0.15) is 0 Å². The lowest BCUT2D eigenvalue weighted by Gasteiger charge is -2.15. The van der Waals surface area contributed by atoms with E-state index in [-0.39, 0.29) is 16.6 Å². The Morgan fingerprint density at radius 2 is 1.83 bits per heavy atom. The van der Waals surface area contributed by atoms with Crippen molar-refractivity contribution in [3.8, 4) is 0 Å². The summed E-state index contributed by atoms with van der Waals surface area (Å²) >= 11 is 5.66. The molecule has 2 aromatic carbocycles. The molecule has 0 aliphatic carbocycles. The number of pyridine rings is 1. The van der Waals surface area contributed by atoms with Crippen molar-refractivity contribution >= 4 is 32.4 Å². The Labute approximate surface area is 145 Å². The highest BCUT2D eigenvalue weighted by atomic mass is 35.5. The first kappa shape index (κ1) is 16.9. The molecule has 24 heavy (non-hydrogen) atoms. The summed E-state index contributed by atoms with van der Waals surface area (Å²) in [5, 5.41) is 12.5. The van der Waals surface area contributed by atoms with E-state index >= 15 is 0 Å². The van der Waals surface area contributed by atoms with E-state index in [9.17, 15) is 13.5 Å². The lowest BCUT2D eigenvalue weighted by molar-refractivity contribution is 0.183. The molecule has 0 radical (unpaired) electrons. The normalized spacial score (nSPS) is 13.1. The maximum Gasteiger partial charge on any atom is 0.242 e. The van der Waals surface area contributed by atoms with Crippen molar-refractivity contribution in [2.24, 2.45) is 0 Å². The number of aromatic nitrogens is 1.